The maximum absolute atomic E-state index is 11.8. The molecule has 0 saturated carbocycles. The number of ether oxygens (including phenoxy) is 5. The van der Waals surface area contributed by atoms with E-state index < -0.39 is 88.3 Å². The largest absolute Gasteiger partial charge is 0.755 e. The summed E-state index contributed by atoms with van der Waals surface area (Å²) in [5.41, 5.74) is -5.33. The summed E-state index contributed by atoms with van der Waals surface area (Å²) in [6.45, 7) is 0. The second-order valence-electron chi connectivity index (χ2n) is 7.08. The van der Waals surface area contributed by atoms with Crippen molar-refractivity contribution in [3.8, 4) is 0 Å². The van der Waals surface area contributed by atoms with E-state index in [-0.39, 0.29) is 0 Å². The summed E-state index contributed by atoms with van der Waals surface area (Å²) in [5.74, 6) is 1.32. The summed E-state index contributed by atoms with van der Waals surface area (Å²) in [5, 5.41) is 9.07. The first-order chi connectivity index (χ1) is 18.8. The lowest BCUT2D eigenvalue weighted by Crippen LogP contribution is -2.47. The van der Waals surface area contributed by atoms with Crippen molar-refractivity contribution in [2.75, 3.05) is 35.5 Å². The van der Waals surface area contributed by atoms with Crippen molar-refractivity contribution in [3.05, 3.63) is 0 Å². The normalized spacial score (nSPS) is 14.1. The molecule has 0 spiro atoms. The predicted molar refractivity (Wildman–Crippen MR) is 120 cm³/mol. The van der Waals surface area contributed by atoms with Crippen LogP contribution >= 0.6 is 15.6 Å². The maximum Gasteiger partial charge on any atom is 0.339 e. The zero-order valence-corrected chi connectivity index (χ0v) is 23.9. The average molecular weight is 642 g/mol. The Morgan fingerprint density at radius 1 is 0.610 bits per heavy atom. The van der Waals surface area contributed by atoms with Crippen molar-refractivity contribution in [1.29, 1.82) is 0 Å². The van der Waals surface area contributed by atoms with Crippen molar-refractivity contribution < 1.29 is 94.8 Å². The molecule has 0 bridgehead atoms. The molecule has 0 aromatic rings. The number of aliphatic carboxylic acids is 1. The van der Waals surface area contributed by atoms with Gasteiger partial charge in [0.2, 0.25) is 0 Å². The number of hydrogen-bond donors (Lipinski definition) is 3. The minimum atomic E-state index is -5.25. The molecule has 0 radical (unpaired) electrons. The van der Waals surface area contributed by atoms with Crippen molar-refractivity contribution in [3.63, 3.8) is 0 Å². The molecule has 0 aromatic heterocycles. The Hall–Kier alpha value is -3.04. The summed E-state index contributed by atoms with van der Waals surface area (Å²) < 4.78 is 59.7. The number of esters is 5. The summed E-state index contributed by atoms with van der Waals surface area (Å²) >= 11 is 0. The van der Waals surface area contributed by atoms with Gasteiger partial charge in [-0.05, 0) is 0 Å². The molecule has 24 heteroatoms. The molecule has 5 N–H and O–H groups in total. The van der Waals surface area contributed by atoms with Crippen molar-refractivity contribution in [1.82, 2.24) is 0 Å². The lowest BCUT2D eigenvalue weighted by Gasteiger charge is -2.33. The van der Waals surface area contributed by atoms with E-state index in [0.29, 0.717) is 0 Å². The van der Waals surface area contributed by atoms with Gasteiger partial charge < -0.3 is 38.6 Å². The zero-order chi connectivity index (χ0) is 32.7. The number of carboxylic acid groups (broad SMARTS) is 1. The Labute approximate surface area is 231 Å². The van der Waals surface area contributed by atoms with Gasteiger partial charge in [0.1, 0.15) is 0 Å². The highest BCUT2D eigenvalue weighted by molar-refractivity contribution is 7.46. The highest BCUT2D eigenvalue weighted by Gasteiger charge is 2.49. The number of carboxylic acids is 1. The molecule has 0 saturated heterocycles. The van der Waals surface area contributed by atoms with Crippen LogP contribution in [-0.2, 0) is 79.9 Å². The number of phosphoric acid groups is 2. The fourth-order valence-electron chi connectivity index (χ4n) is 2.50. The van der Waals surface area contributed by atoms with Gasteiger partial charge in [0.15, 0.2) is 11.2 Å². The van der Waals surface area contributed by atoms with Crippen LogP contribution in [0.15, 0.2) is 0 Å². The second kappa shape index (κ2) is 17.7. The first kappa shape index (κ1) is 40.1. The predicted octanol–water partition coefficient (Wildman–Crippen LogP) is -3.29. The monoisotopic (exact) mass is 642 g/mol. The summed E-state index contributed by atoms with van der Waals surface area (Å²) in [7, 11) is -5.70. The molecule has 0 aliphatic heterocycles. The first-order valence-corrected chi connectivity index (χ1v) is 13.1. The Morgan fingerprint density at radius 2 is 0.878 bits per heavy atom. The van der Waals surface area contributed by atoms with E-state index in [1.807, 2.05) is 0 Å². The van der Waals surface area contributed by atoms with Crippen LogP contribution in [0.5, 0.6) is 0 Å². The highest BCUT2D eigenvalue weighted by Crippen LogP contribution is 2.45. The van der Waals surface area contributed by atoms with E-state index in [0.717, 1.165) is 35.5 Å². The van der Waals surface area contributed by atoms with E-state index in [4.69, 9.17) is 5.11 Å². The third kappa shape index (κ3) is 13.9. The van der Waals surface area contributed by atoms with Crippen LogP contribution < -0.4 is 21.6 Å². The number of carbonyl (C=O) groups is 6. The smallest absolute Gasteiger partial charge is 0.339 e. The van der Waals surface area contributed by atoms with E-state index in [1.165, 1.54) is 0 Å². The van der Waals surface area contributed by atoms with E-state index in [9.17, 15) is 47.7 Å². The maximum atomic E-state index is 11.8. The van der Waals surface area contributed by atoms with Crippen LogP contribution in [0.25, 0.3) is 0 Å². The minimum Gasteiger partial charge on any atom is -0.755 e. The second-order valence-corrected chi connectivity index (χ2v) is 9.66. The topological polar surface area (TPSA) is 338 Å². The van der Waals surface area contributed by atoms with E-state index in [2.05, 4.69) is 53.8 Å². The van der Waals surface area contributed by atoms with Gasteiger partial charge in [0.25, 0.3) is 15.6 Å². The van der Waals surface area contributed by atoms with Crippen LogP contribution in [0.4, 0.5) is 0 Å². The molecular weight excluding hydrogens is 614 g/mol. The summed E-state index contributed by atoms with van der Waals surface area (Å²) in [6.07, 6.45) is -4.05. The molecule has 0 rings (SSSR count). The van der Waals surface area contributed by atoms with Gasteiger partial charge in [0, 0.05) is 0 Å². The fourth-order valence-corrected chi connectivity index (χ4v) is 3.86. The highest BCUT2D eigenvalue weighted by atomic mass is 31.2. The number of methoxy groups -OCH3 is 5. The van der Waals surface area contributed by atoms with Crippen molar-refractivity contribution in [2.45, 2.75) is 36.9 Å². The summed E-state index contributed by atoms with van der Waals surface area (Å²) in [6, 6.07) is 0. The Kier molecular flexibility index (Phi) is 17.3. The molecule has 22 nitrogen and oxygen atoms in total. The molecule has 2 atom stereocenters. The van der Waals surface area contributed by atoms with Gasteiger partial charge in [-0.2, -0.15) is 0 Å². The molecule has 41 heavy (non-hydrogen) atoms. The molecule has 0 amide bonds. The van der Waals surface area contributed by atoms with E-state index >= 15 is 0 Å². The zero-order valence-electron chi connectivity index (χ0n) is 22.1. The van der Waals surface area contributed by atoms with Crippen molar-refractivity contribution in [2.24, 2.45) is 11.8 Å². The molecule has 2 unspecified atom stereocenters. The van der Waals surface area contributed by atoms with Gasteiger partial charge in [-0.3, -0.25) is 37.4 Å². The molecule has 238 valence electrons. The molecule has 0 aliphatic rings. The lowest BCUT2D eigenvalue weighted by molar-refractivity contribution is -0.241. The number of phosphoric ester groups is 2. The number of nitrogens with two attached hydrogens (primary N) is 2. The van der Waals surface area contributed by atoms with Gasteiger partial charge >= 0.3 is 35.8 Å². The average Bonchev–Trinajstić information content (AvgIpc) is 2.91. The Balaban J connectivity index is 0. The number of carbonyl (C=O) groups excluding carboxylic acids is 5. The molecule has 0 heterocycles. The van der Waals surface area contributed by atoms with Crippen LogP contribution in [0.3, 0.4) is 0 Å². The lowest BCUT2D eigenvalue weighted by atomic mass is 9.95. The van der Waals surface area contributed by atoms with Crippen LogP contribution in [0, 0.1) is 0 Å². The quantitative estimate of drug-likeness (QED) is 0.0642. The van der Waals surface area contributed by atoms with Crippen molar-refractivity contribution >= 4 is 51.5 Å². The molecular formula is C17H28N2O20P2-2. The fraction of sp³-hybridized carbons (Fsp3) is 0.647. The third-order valence-corrected chi connectivity index (χ3v) is 6.07. The minimum absolute atomic E-state index is 0.897. The molecule has 0 fully saturated rings. The van der Waals surface area contributed by atoms with Gasteiger partial charge in [0.05, 0.1) is 61.2 Å². The van der Waals surface area contributed by atoms with E-state index in [1.54, 1.807) is 0 Å². The SMILES string of the molecule is COC(=O)CC(CC(=O)OC)(OP(=O)([O-])ON)C(=O)O.COC(=O)CC(CC(=O)OC)(OP(=O)([O-])ON)C(=O)OC. The van der Waals surface area contributed by atoms with Gasteiger partial charge in [-0.1, -0.05) is 0 Å². The number of hydrogen-bond acceptors (Lipinski definition) is 21. The number of rotatable bonds is 16. The standard InChI is InChI=1S/C9H16NO10P.C8H14NO10P/c1-16-6(11)4-9(8(13)18-3,5-7(12)17-2)19-21(14,15)20-10;1-16-5(10)3-8(7(12)13,4-6(11)17-2)18-20(14,15)19-9/h4-5,10H2,1-3H3,(H,14,15);3-4,9H2,1-2H3,(H,12,13)(H,14,15)/p-2. The molecule has 0 aromatic carbocycles. The van der Waals surface area contributed by atoms with Crippen LogP contribution in [0.1, 0.15) is 25.7 Å². The Bertz CT molecular complexity index is 1010. The Morgan fingerprint density at radius 3 is 1.10 bits per heavy atom. The first-order valence-electron chi connectivity index (χ1n) is 10.2. The van der Waals surface area contributed by atoms with Gasteiger partial charge in [-0.15, -0.1) is 0 Å². The van der Waals surface area contributed by atoms with Crippen LogP contribution in [-0.4, -0.2) is 87.7 Å². The third-order valence-electron chi connectivity index (χ3n) is 4.41. The van der Waals surface area contributed by atoms with Crippen LogP contribution in [0.2, 0.25) is 0 Å². The summed E-state index contributed by atoms with van der Waals surface area (Å²) in [4.78, 5) is 90.6. The molecule has 0 aliphatic carbocycles. The van der Waals surface area contributed by atoms with Gasteiger partial charge in [-0.25, -0.2) is 30.6 Å².